The second-order valence-electron chi connectivity index (χ2n) is 2.73. The zero-order valence-electron chi connectivity index (χ0n) is 7.03. The summed E-state index contributed by atoms with van der Waals surface area (Å²) in [5.74, 6) is -0.902. The first-order valence-electron chi connectivity index (χ1n) is 3.89. The standard InChI is InChI=1S/C9H6BrNO2S/c10-4-8-11-6-2-1-5(9(12)13)3-7(6)14-8/h1-3H,4H2,(H,12,13). The van der Waals surface area contributed by atoms with Crippen LogP contribution in [0, 0.1) is 0 Å². The molecule has 0 unspecified atom stereocenters. The third-order valence-electron chi connectivity index (χ3n) is 1.79. The molecule has 5 heteroatoms. The second-order valence-corrected chi connectivity index (χ2v) is 4.40. The van der Waals surface area contributed by atoms with Crippen LogP contribution >= 0.6 is 27.3 Å². The largest absolute Gasteiger partial charge is 0.478 e. The van der Waals surface area contributed by atoms with Crippen LogP contribution in [0.25, 0.3) is 10.2 Å². The van der Waals surface area contributed by atoms with Crippen molar-refractivity contribution in [2.75, 3.05) is 0 Å². The fraction of sp³-hybridized carbons (Fsp3) is 0.111. The zero-order chi connectivity index (χ0) is 10.1. The molecule has 0 amide bonds. The van der Waals surface area contributed by atoms with Gasteiger partial charge in [-0.15, -0.1) is 11.3 Å². The third kappa shape index (κ3) is 1.65. The summed E-state index contributed by atoms with van der Waals surface area (Å²) < 4.78 is 0.916. The number of benzene rings is 1. The Hall–Kier alpha value is -0.940. The molecule has 1 N–H and O–H groups in total. The van der Waals surface area contributed by atoms with Crippen LogP contribution in [0.2, 0.25) is 0 Å². The van der Waals surface area contributed by atoms with E-state index in [9.17, 15) is 4.79 Å². The van der Waals surface area contributed by atoms with Gasteiger partial charge in [-0.1, -0.05) is 15.9 Å². The number of aromatic carboxylic acids is 1. The van der Waals surface area contributed by atoms with Crippen LogP contribution in [0.1, 0.15) is 15.4 Å². The lowest BCUT2D eigenvalue weighted by atomic mass is 10.2. The van der Waals surface area contributed by atoms with Gasteiger partial charge in [0, 0.05) is 0 Å². The first kappa shape index (κ1) is 9.61. The molecule has 1 heterocycles. The van der Waals surface area contributed by atoms with E-state index < -0.39 is 5.97 Å². The normalized spacial score (nSPS) is 10.6. The van der Waals surface area contributed by atoms with E-state index in [2.05, 4.69) is 20.9 Å². The first-order chi connectivity index (χ1) is 6.70. The van der Waals surface area contributed by atoms with Crippen molar-refractivity contribution in [2.24, 2.45) is 0 Å². The average Bonchev–Trinajstić information content (AvgIpc) is 2.58. The number of thiazole rings is 1. The van der Waals surface area contributed by atoms with E-state index in [1.807, 2.05) is 0 Å². The van der Waals surface area contributed by atoms with Crippen molar-refractivity contribution in [3.05, 3.63) is 28.8 Å². The highest BCUT2D eigenvalue weighted by Gasteiger charge is 2.07. The van der Waals surface area contributed by atoms with Crippen molar-refractivity contribution < 1.29 is 9.90 Å². The number of halogens is 1. The smallest absolute Gasteiger partial charge is 0.335 e. The molecule has 0 fully saturated rings. The van der Waals surface area contributed by atoms with Gasteiger partial charge in [-0.05, 0) is 18.2 Å². The lowest BCUT2D eigenvalue weighted by molar-refractivity contribution is 0.0697. The fourth-order valence-electron chi connectivity index (χ4n) is 1.16. The van der Waals surface area contributed by atoms with E-state index in [4.69, 9.17) is 5.11 Å². The lowest BCUT2D eigenvalue weighted by Gasteiger charge is -1.91. The van der Waals surface area contributed by atoms with Crippen LogP contribution in [-0.4, -0.2) is 16.1 Å². The molecule has 0 aliphatic rings. The maximum absolute atomic E-state index is 10.7. The SMILES string of the molecule is O=C(O)c1ccc2nc(CBr)sc2c1. The van der Waals surface area contributed by atoms with Crippen LogP contribution in [0.3, 0.4) is 0 Å². The van der Waals surface area contributed by atoms with Gasteiger partial charge in [0.05, 0.1) is 21.1 Å². The number of nitrogens with zero attached hydrogens (tertiary/aromatic N) is 1. The minimum atomic E-state index is -0.902. The number of carbonyl (C=O) groups is 1. The summed E-state index contributed by atoms with van der Waals surface area (Å²) in [6, 6.07) is 4.96. The predicted molar refractivity (Wildman–Crippen MR) is 59.2 cm³/mol. The molecule has 14 heavy (non-hydrogen) atoms. The number of carboxylic acid groups (broad SMARTS) is 1. The highest BCUT2D eigenvalue weighted by molar-refractivity contribution is 9.08. The highest BCUT2D eigenvalue weighted by Crippen LogP contribution is 2.24. The molecule has 0 aliphatic carbocycles. The molecule has 2 rings (SSSR count). The minimum Gasteiger partial charge on any atom is -0.478 e. The molecule has 2 aromatic rings. The molecule has 0 saturated heterocycles. The van der Waals surface area contributed by atoms with E-state index >= 15 is 0 Å². The van der Waals surface area contributed by atoms with E-state index in [-0.39, 0.29) is 0 Å². The Morgan fingerprint density at radius 3 is 3.00 bits per heavy atom. The fourth-order valence-corrected chi connectivity index (χ4v) is 2.49. The summed E-state index contributed by atoms with van der Waals surface area (Å²) in [4.78, 5) is 15.0. The van der Waals surface area contributed by atoms with Gasteiger partial charge in [-0.2, -0.15) is 0 Å². The first-order valence-corrected chi connectivity index (χ1v) is 5.83. The summed E-state index contributed by atoms with van der Waals surface area (Å²) in [5, 5.41) is 10.4. The van der Waals surface area contributed by atoms with Crippen molar-refractivity contribution in [3.63, 3.8) is 0 Å². The Kier molecular flexibility index (Phi) is 2.52. The quantitative estimate of drug-likeness (QED) is 0.855. The Labute approximate surface area is 92.5 Å². The number of rotatable bonds is 2. The van der Waals surface area contributed by atoms with Gasteiger partial charge in [0.15, 0.2) is 0 Å². The summed E-state index contributed by atoms with van der Waals surface area (Å²) in [6.45, 7) is 0. The van der Waals surface area contributed by atoms with Crippen molar-refractivity contribution in [1.82, 2.24) is 4.98 Å². The van der Waals surface area contributed by atoms with Crippen molar-refractivity contribution in [1.29, 1.82) is 0 Å². The Balaban J connectivity index is 2.59. The molecule has 3 nitrogen and oxygen atoms in total. The van der Waals surface area contributed by atoms with E-state index in [1.165, 1.54) is 11.3 Å². The molecule has 72 valence electrons. The van der Waals surface area contributed by atoms with Gasteiger partial charge in [0.25, 0.3) is 0 Å². The maximum atomic E-state index is 10.7. The van der Waals surface area contributed by atoms with Crippen LogP contribution in [0.5, 0.6) is 0 Å². The van der Waals surface area contributed by atoms with Gasteiger partial charge in [-0.3, -0.25) is 0 Å². The number of aromatic nitrogens is 1. The molecule has 0 spiro atoms. The Morgan fingerprint density at radius 2 is 2.36 bits per heavy atom. The van der Waals surface area contributed by atoms with Gasteiger partial charge < -0.3 is 5.11 Å². The number of hydrogen-bond donors (Lipinski definition) is 1. The van der Waals surface area contributed by atoms with Gasteiger partial charge in [-0.25, -0.2) is 9.78 Å². The van der Waals surface area contributed by atoms with Gasteiger partial charge in [0.2, 0.25) is 0 Å². The molecular formula is C9H6BrNO2S. The van der Waals surface area contributed by atoms with Crippen molar-refractivity contribution >= 4 is 43.5 Å². The number of carboxylic acids is 1. The van der Waals surface area contributed by atoms with E-state index in [0.29, 0.717) is 10.9 Å². The molecule has 0 saturated carbocycles. The second kappa shape index (κ2) is 3.67. The number of hydrogen-bond acceptors (Lipinski definition) is 3. The topological polar surface area (TPSA) is 50.2 Å². The molecule has 1 aromatic heterocycles. The molecule has 0 radical (unpaired) electrons. The monoisotopic (exact) mass is 271 g/mol. The summed E-state index contributed by atoms with van der Waals surface area (Å²) >= 11 is 4.82. The van der Waals surface area contributed by atoms with E-state index in [1.54, 1.807) is 18.2 Å². The van der Waals surface area contributed by atoms with E-state index in [0.717, 1.165) is 15.2 Å². The van der Waals surface area contributed by atoms with Crippen LogP contribution in [-0.2, 0) is 5.33 Å². The highest BCUT2D eigenvalue weighted by atomic mass is 79.9. The Morgan fingerprint density at radius 1 is 1.57 bits per heavy atom. The number of fused-ring (bicyclic) bond motifs is 1. The molecule has 1 aromatic carbocycles. The van der Waals surface area contributed by atoms with Crippen LogP contribution < -0.4 is 0 Å². The Bertz CT molecular complexity index is 495. The summed E-state index contributed by atoms with van der Waals surface area (Å²) in [7, 11) is 0. The van der Waals surface area contributed by atoms with Crippen LogP contribution in [0.4, 0.5) is 0 Å². The third-order valence-corrected chi connectivity index (χ3v) is 3.71. The predicted octanol–water partition coefficient (Wildman–Crippen LogP) is 2.89. The molecule has 0 atom stereocenters. The average molecular weight is 272 g/mol. The number of alkyl halides is 1. The summed E-state index contributed by atoms with van der Waals surface area (Å²) in [5.41, 5.74) is 1.16. The maximum Gasteiger partial charge on any atom is 0.335 e. The van der Waals surface area contributed by atoms with Gasteiger partial charge >= 0.3 is 5.97 Å². The van der Waals surface area contributed by atoms with Crippen molar-refractivity contribution in [2.45, 2.75) is 5.33 Å². The lowest BCUT2D eigenvalue weighted by Crippen LogP contribution is -1.94. The minimum absolute atomic E-state index is 0.308. The van der Waals surface area contributed by atoms with Gasteiger partial charge in [0.1, 0.15) is 5.01 Å². The van der Waals surface area contributed by atoms with Crippen LogP contribution in [0.15, 0.2) is 18.2 Å². The zero-order valence-corrected chi connectivity index (χ0v) is 9.43. The molecule has 0 bridgehead atoms. The summed E-state index contributed by atoms with van der Waals surface area (Å²) in [6.07, 6.45) is 0. The van der Waals surface area contributed by atoms with Crippen molar-refractivity contribution in [3.8, 4) is 0 Å². The molecule has 0 aliphatic heterocycles. The molecular weight excluding hydrogens is 266 g/mol.